The molecule has 2 saturated heterocycles. The Kier molecular flexibility index (Phi) is 5.61. The smallest absolute Gasteiger partial charge is 0.325 e. The third-order valence-corrected chi connectivity index (χ3v) is 7.13. The Balaban J connectivity index is 1.32. The molecule has 2 heterocycles. The third kappa shape index (κ3) is 3.89. The Morgan fingerprint density at radius 2 is 1.83 bits per heavy atom. The van der Waals surface area contributed by atoms with Crippen molar-refractivity contribution in [3.8, 4) is 0 Å². The fourth-order valence-electron chi connectivity index (χ4n) is 5.21. The number of piperidine rings is 1. The van der Waals surface area contributed by atoms with E-state index in [-0.39, 0.29) is 24.3 Å². The Morgan fingerprint density at radius 1 is 1.10 bits per heavy atom. The van der Waals surface area contributed by atoms with Gasteiger partial charge in [0.15, 0.2) is 0 Å². The van der Waals surface area contributed by atoms with E-state index in [0.29, 0.717) is 25.4 Å². The average Bonchev–Trinajstić information content (AvgIpc) is 2.96. The van der Waals surface area contributed by atoms with Crippen LogP contribution in [0, 0.1) is 11.8 Å². The second-order valence-electron chi connectivity index (χ2n) is 8.95. The van der Waals surface area contributed by atoms with Gasteiger partial charge in [0.2, 0.25) is 5.91 Å². The largest absolute Gasteiger partial charge is 0.341 e. The van der Waals surface area contributed by atoms with Crippen molar-refractivity contribution in [2.24, 2.45) is 11.8 Å². The molecule has 3 fully saturated rings. The molecular weight excluding hydrogens is 366 g/mol. The summed E-state index contributed by atoms with van der Waals surface area (Å²) in [6.45, 7) is 3.28. The number of urea groups is 1. The minimum absolute atomic E-state index is 0.113. The van der Waals surface area contributed by atoms with Crippen LogP contribution in [0.4, 0.5) is 4.79 Å². The van der Waals surface area contributed by atoms with Gasteiger partial charge in [-0.15, -0.1) is 0 Å². The molecule has 4 rings (SSSR count). The number of hydrogen-bond donors (Lipinski definition) is 1. The van der Waals surface area contributed by atoms with Crippen LogP contribution in [0.15, 0.2) is 30.3 Å². The zero-order chi connectivity index (χ0) is 20.4. The van der Waals surface area contributed by atoms with E-state index in [9.17, 15) is 14.4 Å². The lowest BCUT2D eigenvalue weighted by Crippen LogP contribution is -2.54. The normalized spacial score (nSPS) is 28.1. The first-order valence-corrected chi connectivity index (χ1v) is 11.0. The van der Waals surface area contributed by atoms with Gasteiger partial charge in [-0.1, -0.05) is 50.1 Å². The number of benzene rings is 1. The van der Waals surface area contributed by atoms with Crippen molar-refractivity contribution >= 4 is 17.8 Å². The van der Waals surface area contributed by atoms with Gasteiger partial charge in [0.1, 0.15) is 12.1 Å². The van der Waals surface area contributed by atoms with E-state index in [4.69, 9.17) is 0 Å². The summed E-state index contributed by atoms with van der Waals surface area (Å²) < 4.78 is 0. The molecule has 0 radical (unpaired) electrons. The maximum atomic E-state index is 13.0. The first-order valence-electron chi connectivity index (χ1n) is 11.0. The van der Waals surface area contributed by atoms with Crippen LogP contribution in [0.5, 0.6) is 0 Å². The van der Waals surface area contributed by atoms with Gasteiger partial charge in [0, 0.05) is 13.1 Å². The Bertz CT molecular complexity index is 773. The highest BCUT2D eigenvalue weighted by Crippen LogP contribution is 2.38. The van der Waals surface area contributed by atoms with Crippen LogP contribution in [-0.4, -0.2) is 52.8 Å². The molecule has 1 aromatic carbocycles. The molecule has 6 nitrogen and oxygen atoms in total. The van der Waals surface area contributed by atoms with Gasteiger partial charge in [-0.25, -0.2) is 4.79 Å². The fraction of sp³-hybridized carbons (Fsp3) is 0.609. The molecule has 1 N–H and O–H groups in total. The average molecular weight is 398 g/mol. The molecule has 2 unspecified atom stereocenters. The maximum absolute atomic E-state index is 13.0. The van der Waals surface area contributed by atoms with Crippen molar-refractivity contribution in [3.05, 3.63) is 35.9 Å². The van der Waals surface area contributed by atoms with Crippen LogP contribution in [0.3, 0.4) is 0 Å². The van der Waals surface area contributed by atoms with E-state index in [2.05, 4.69) is 29.6 Å². The van der Waals surface area contributed by atoms with Crippen molar-refractivity contribution in [2.75, 3.05) is 19.6 Å². The van der Waals surface area contributed by atoms with E-state index in [1.165, 1.54) is 5.56 Å². The number of hydrogen-bond acceptors (Lipinski definition) is 3. The van der Waals surface area contributed by atoms with E-state index >= 15 is 0 Å². The van der Waals surface area contributed by atoms with E-state index in [1.807, 2.05) is 17.9 Å². The summed E-state index contributed by atoms with van der Waals surface area (Å²) >= 11 is 0. The second kappa shape index (κ2) is 8.17. The lowest BCUT2D eigenvalue weighted by molar-refractivity contribution is -0.141. The molecule has 1 spiro atoms. The summed E-state index contributed by atoms with van der Waals surface area (Å²) in [5.74, 6) is 0.361. The molecular formula is C23H31N3O3. The first-order chi connectivity index (χ1) is 14.0. The topological polar surface area (TPSA) is 69.7 Å². The molecule has 2 aliphatic heterocycles. The number of nitrogens with zero attached hydrogens (tertiary/aromatic N) is 2. The van der Waals surface area contributed by atoms with E-state index in [0.717, 1.165) is 43.4 Å². The quantitative estimate of drug-likeness (QED) is 0.794. The van der Waals surface area contributed by atoms with E-state index < -0.39 is 11.6 Å². The number of carbonyl (C=O) groups is 3. The van der Waals surface area contributed by atoms with Gasteiger partial charge in [-0.3, -0.25) is 14.5 Å². The molecule has 1 aromatic rings. The zero-order valence-corrected chi connectivity index (χ0v) is 17.2. The van der Waals surface area contributed by atoms with Crippen LogP contribution < -0.4 is 5.32 Å². The molecule has 0 bridgehead atoms. The van der Waals surface area contributed by atoms with Crippen LogP contribution in [0.1, 0.15) is 51.0 Å². The van der Waals surface area contributed by atoms with Crippen LogP contribution in [-0.2, 0) is 16.0 Å². The predicted octanol–water partition coefficient (Wildman–Crippen LogP) is 2.97. The zero-order valence-electron chi connectivity index (χ0n) is 17.2. The number of nitrogens with one attached hydrogen (secondary N) is 1. The predicted molar refractivity (Wildman–Crippen MR) is 110 cm³/mol. The second-order valence-corrected chi connectivity index (χ2v) is 8.95. The molecule has 29 heavy (non-hydrogen) atoms. The van der Waals surface area contributed by atoms with Crippen molar-refractivity contribution < 1.29 is 14.4 Å². The lowest BCUT2D eigenvalue weighted by atomic mass is 9.73. The number of carbonyl (C=O) groups excluding carboxylic acids is 3. The minimum Gasteiger partial charge on any atom is -0.341 e. The molecule has 1 aliphatic carbocycles. The van der Waals surface area contributed by atoms with Gasteiger partial charge < -0.3 is 10.2 Å². The minimum atomic E-state index is -0.793. The summed E-state index contributed by atoms with van der Waals surface area (Å²) in [4.78, 5) is 41.3. The van der Waals surface area contributed by atoms with Crippen molar-refractivity contribution in [1.29, 1.82) is 0 Å². The summed E-state index contributed by atoms with van der Waals surface area (Å²) in [5.41, 5.74) is 0.543. The summed E-state index contributed by atoms with van der Waals surface area (Å²) in [6.07, 6.45) is 6.59. The monoisotopic (exact) mass is 397 g/mol. The molecule has 1 saturated carbocycles. The molecule has 4 amide bonds. The van der Waals surface area contributed by atoms with Crippen LogP contribution in [0.25, 0.3) is 0 Å². The van der Waals surface area contributed by atoms with Gasteiger partial charge >= 0.3 is 6.03 Å². The molecule has 6 heteroatoms. The number of imide groups is 1. The van der Waals surface area contributed by atoms with Gasteiger partial charge in [-0.2, -0.15) is 0 Å². The number of likely N-dealkylation sites (tertiary alicyclic amines) is 1. The Morgan fingerprint density at radius 3 is 2.52 bits per heavy atom. The highest BCUT2D eigenvalue weighted by atomic mass is 16.2. The summed E-state index contributed by atoms with van der Waals surface area (Å²) in [5, 5.41) is 2.93. The molecule has 156 valence electrons. The highest BCUT2D eigenvalue weighted by molar-refractivity contribution is 6.09. The van der Waals surface area contributed by atoms with E-state index in [1.54, 1.807) is 0 Å². The van der Waals surface area contributed by atoms with Crippen LogP contribution >= 0.6 is 0 Å². The third-order valence-electron chi connectivity index (χ3n) is 7.13. The molecule has 3 aliphatic rings. The van der Waals surface area contributed by atoms with Gasteiger partial charge in [0.25, 0.3) is 5.91 Å². The molecule has 0 aromatic heterocycles. The standard InChI is InChI=1S/C23H31N3O3/c1-17-7-5-6-12-23(17)21(28)26(22(29)24-23)16-20(27)25-13-10-19(11-14-25)15-18-8-3-2-4-9-18/h2-4,8-9,17,19H,5-7,10-16H2,1H3,(H,24,29). The maximum Gasteiger partial charge on any atom is 0.325 e. The van der Waals surface area contributed by atoms with Crippen molar-refractivity contribution in [2.45, 2.75) is 57.4 Å². The molecule has 2 atom stereocenters. The number of rotatable bonds is 4. The summed E-state index contributed by atoms with van der Waals surface area (Å²) in [7, 11) is 0. The summed E-state index contributed by atoms with van der Waals surface area (Å²) in [6, 6.07) is 10.0. The Labute approximate surface area is 172 Å². The fourth-order valence-corrected chi connectivity index (χ4v) is 5.21. The SMILES string of the molecule is CC1CCCCC12NC(=O)N(CC(=O)N1CCC(Cc3ccccc3)CC1)C2=O. The number of amides is 4. The highest BCUT2D eigenvalue weighted by Gasteiger charge is 2.55. The van der Waals surface area contributed by atoms with Crippen LogP contribution in [0.2, 0.25) is 0 Å². The van der Waals surface area contributed by atoms with Crippen molar-refractivity contribution in [1.82, 2.24) is 15.1 Å². The lowest BCUT2D eigenvalue weighted by Gasteiger charge is -2.37. The van der Waals surface area contributed by atoms with Gasteiger partial charge in [-0.05, 0) is 49.5 Å². The van der Waals surface area contributed by atoms with Crippen molar-refractivity contribution in [3.63, 3.8) is 0 Å². The Hall–Kier alpha value is -2.37. The first kappa shape index (κ1) is 19.9. The van der Waals surface area contributed by atoms with Gasteiger partial charge in [0.05, 0.1) is 0 Å².